The second kappa shape index (κ2) is 5.92. The van der Waals surface area contributed by atoms with Gasteiger partial charge in [-0.25, -0.2) is 0 Å². The highest BCUT2D eigenvalue weighted by Gasteiger charge is 2.10. The Morgan fingerprint density at radius 1 is 1.53 bits per heavy atom. The van der Waals surface area contributed by atoms with E-state index in [1.807, 2.05) is 6.07 Å². The maximum absolute atomic E-state index is 11.7. The molecular formula is C12H12ClN3O. The lowest BCUT2D eigenvalue weighted by molar-refractivity contribution is -0.112. The molecule has 4 nitrogen and oxygen atoms in total. The Morgan fingerprint density at radius 3 is 2.82 bits per heavy atom. The van der Waals surface area contributed by atoms with Gasteiger partial charge in [0.2, 0.25) is 0 Å². The minimum absolute atomic E-state index is 0.00637. The second-order valence-corrected chi connectivity index (χ2v) is 3.73. The zero-order valence-corrected chi connectivity index (χ0v) is 10.3. The van der Waals surface area contributed by atoms with Crippen LogP contribution >= 0.6 is 11.6 Å². The number of nitriles is 1. The predicted molar refractivity (Wildman–Crippen MR) is 67.6 cm³/mol. The summed E-state index contributed by atoms with van der Waals surface area (Å²) in [7, 11) is 1.62. The summed E-state index contributed by atoms with van der Waals surface area (Å²) in [6.45, 7) is 1.80. The fourth-order valence-corrected chi connectivity index (χ4v) is 1.40. The molecule has 0 aliphatic heterocycles. The monoisotopic (exact) mass is 249 g/mol. The topological polar surface area (TPSA) is 64.9 Å². The summed E-state index contributed by atoms with van der Waals surface area (Å²) in [4.78, 5) is 11.7. The summed E-state index contributed by atoms with van der Waals surface area (Å²) in [6, 6.07) is 7.01. The summed E-state index contributed by atoms with van der Waals surface area (Å²) in [5.74, 6) is -0.466. The molecule has 1 aromatic rings. The van der Waals surface area contributed by atoms with Gasteiger partial charge < -0.3 is 10.6 Å². The Balaban J connectivity index is 2.93. The molecule has 0 aliphatic carbocycles. The van der Waals surface area contributed by atoms with Crippen LogP contribution in [0.15, 0.2) is 30.0 Å². The minimum Gasteiger partial charge on any atom is -0.393 e. The van der Waals surface area contributed by atoms with Gasteiger partial charge in [0.05, 0.1) is 0 Å². The molecule has 0 atom stereocenters. The van der Waals surface area contributed by atoms with Crippen molar-refractivity contribution >= 4 is 23.2 Å². The molecule has 1 rings (SSSR count). The molecule has 0 saturated carbocycles. The lowest BCUT2D eigenvalue weighted by atomic mass is 10.2. The molecule has 0 unspecified atom stereocenters. The van der Waals surface area contributed by atoms with E-state index in [0.29, 0.717) is 10.7 Å². The second-order valence-electron chi connectivity index (χ2n) is 3.33. The van der Waals surface area contributed by atoms with Crippen molar-refractivity contribution in [3.63, 3.8) is 0 Å². The zero-order valence-electron chi connectivity index (χ0n) is 9.54. The van der Waals surface area contributed by atoms with Gasteiger partial charge in [0.15, 0.2) is 0 Å². The lowest BCUT2D eigenvalue weighted by Gasteiger charge is -2.08. The molecule has 0 radical (unpaired) electrons. The summed E-state index contributed by atoms with van der Waals surface area (Å²) >= 11 is 5.93. The number of hydrogen-bond donors (Lipinski definition) is 2. The smallest absolute Gasteiger partial charge is 0.267 e. The molecule has 0 saturated heterocycles. The van der Waals surface area contributed by atoms with E-state index in [4.69, 9.17) is 16.9 Å². The van der Waals surface area contributed by atoms with E-state index in [9.17, 15) is 4.79 Å². The molecule has 0 aromatic heterocycles. The summed E-state index contributed by atoms with van der Waals surface area (Å²) in [5.41, 5.74) is 1.37. The number of benzene rings is 1. The highest BCUT2D eigenvalue weighted by atomic mass is 35.5. The van der Waals surface area contributed by atoms with Gasteiger partial charge in [-0.05, 0) is 24.6 Å². The highest BCUT2D eigenvalue weighted by molar-refractivity contribution is 6.31. The van der Waals surface area contributed by atoms with Crippen LogP contribution in [-0.2, 0) is 4.79 Å². The first-order chi connectivity index (χ1) is 8.10. The van der Waals surface area contributed by atoms with E-state index in [0.717, 1.165) is 5.56 Å². The maximum atomic E-state index is 11.7. The predicted octanol–water partition coefficient (Wildman–Crippen LogP) is 2.21. The van der Waals surface area contributed by atoms with Crippen molar-refractivity contribution in [3.05, 3.63) is 40.6 Å². The Kier molecular flexibility index (Phi) is 4.56. The van der Waals surface area contributed by atoms with E-state index >= 15 is 0 Å². The van der Waals surface area contributed by atoms with E-state index in [1.54, 1.807) is 32.2 Å². The third-order valence-electron chi connectivity index (χ3n) is 2.17. The molecule has 5 heteroatoms. The fourth-order valence-electron chi connectivity index (χ4n) is 1.23. The molecule has 88 valence electrons. The number of carbonyl (C=O) groups excluding carboxylic acids is 1. The third-order valence-corrected chi connectivity index (χ3v) is 2.58. The summed E-state index contributed by atoms with van der Waals surface area (Å²) in [6.07, 6.45) is 1.34. The van der Waals surface area contributed by atoms with E-state index in [-0.39, 0.29) is 5.57 Å². The van der Waals surface area contributed by atoms with Crippen LogP contribution < -0.4 is 10.6 Å². The van der Waals surface area contributed by atoms with Crippen molar-refractivity contribution in [1.82, 2.24) is 5.32 Å². The standard InChI is InChI=1S/C12H12ClN3O/c1-8-10(13)4-3-5-11(8)16-12(17)9(6-14)7-15-2/h3-5,7,15H,1-2H3,(H,16,17)/b9-7-. The van der Waals surface area contributed by atoms with Crippen LogP contribution in [0.25, 0.3) is 0 Å². The van der Waals surface area contributed by atoms with Crippen LogP contribution in [0.3, 0.4) is 0 Å². The van der Waals surface area contributed by atoms with Crippen LogP contribution in [0.4, 0.5) is 5.69 Å². The third kappa shape index (κ3) is 3.23. The van der Waals surface area contributed by atoms with Gasteiger partial charge in [0.25, 0.3) is 5.91 Å². The highest BCUT2D eigenvalue weighted by Crippen LogP contribution is 2.23. The molecule has 2 N–H and O–H groups in total. The molecular weight excluding hydrogens is 238 g/mol. The quantitative estimate of drug-likeness (QED) is 0.638. The number of hydrogen-bond acceptors (Lipinski definition) is 3. The largest absolute Gasteiger partial charge is 0.393 e. The maximum Gasteiger partial charge on any atom is 0.267 e. The van der Waals surface area contributed by atoms with Crippen molar-refractivity contribution < 1.29 is 4.79 Å². The number of rotatable bonds is 3. The SMILES string of the molecule is CN/C=C(/C#N)C(=O)Nc1cccc(Cl)c1C. The van der Waals surface area contributed by atoms with E-state index in [1.165, 1.54) is 6.20 Å². The van der Waals surface area contributed by atoms with Crippen LogP contribution in [0.2, 0.25) is 5.02 Å². The lowest BCUT2D eigenvalue weighted by Crippen LogP contribution is -2.16. The van der Waals surface area contributed by atoms with Crippen LogP contribution in [0.5, 0.6) is 0 Å². The van der Waals surface area contributed by atoms with Crippen LogP contribution in [-0.4, -0.2) is 13.0 Å². The van der Waals surface area contributed by atoms with E-state index in [2.05, 4.69) is 10.6 Å². The first kappa shape index (κ1) is 13.1. The van der Waals surface area contributed by atoms with Gasteiger partial charge in [-0.1, -0.05) is 17.7 Å². The average Bonchev–Trinajstić information content (AvgIpc) is 2.31. The normalized spacial score (nSPS) is 10.6. The molecule has 0 heterocycles. The Morgan fingerprint density at radius 2 is 2.24 bits per heavy atom. The molecule has 0 spiro atoms. The Bertz CT molecular complexity index is 503. The van der Waals surface area contributed by atoms with Gasteiger partial charge >= 0.3 is 0 Å². The van der Waals surface area contributed by atoms with Crippen molar-refractivity contribution in [2.24, 2.45) is 0 Å². The van der Waals surface area contributed by atoms with Crippen molar-refractivity contribution in [2.75, 3.05) is 12.4 Å². The van der Waals surface area contributed by atoms with Gasteiger partial charge in [0, 0.05) is 24.0 Å². The number of amides is 1. The number of nitrogens with zero attached hydrogens (tertiary/aromatic N) is 1. The Labute approximate surface area is 105 Å². The van der Waals surface area contributed by atoms with Gasteiger partial charge in [-0.2, -0.15) is 5.26 Å². The molecule has 1 aromatic carbocycles. The molecule has 0 aliphatic rings. The Hall–Kier alpha value is -1.99. The summed E-state index contributed by atoms with van der Waals surface area (Å²) < 4.78 is 0. The van der Waals surface area contributed by atoms with Crippen molar-refractivity contribution in [2.45, 2.75) is 6.92 Å². The van der Waals surface area contributed by atoms with Crippen molar-refractivity contribution in [1.29, 1.82) is 5.26 Å². The minimum atomic E-state index is -0.466. The number of halogens is 1. The number of nitrogens with one attached hydrogen (secondary N) is 2. The molecule has 1 amide bonds. The fraction of sp³-hybridized carbons (Fsp3) is 0.167. The van der Waals surface area contributed by atoms with Gasteiger partial charge in [0.1, 0.15) is 11.6 Å². The summed E-state index contributed by atoms with van der Waals surface area (Å²) in [5, 5.41) is 14.6. The molecule has 17 heavy (non-hydrogen) atoms. The average molecular weight is 250 g/mol. The van der Waals surface area contributed by atoms with Crippen LogP contribution in [0, 0.1) is 18.3 Å². The van der Waals surface area contributed by atoms with Crippen LogP contribution in [0.1, 0.15) is 5.56 Å². The van der Waals surface area contributed by atoms with E-state index < -0.39 is 5.91 Å². The molecule has 0 fully saturated rings. The van der Waals surface area contributed by atoms with Gasteiger partial charge in [-0.15, -0.1) is 0 Å². The first-order valence-electron chi connectivity index (χ1n) is 4.94. The first-order valence-corrected chi connectivity index (χ1v) is 5.32. The zero-order chi connectivity index (χ0) is 12.8. The number of anilines is 1. The molecule has 0 bridgehead atoms. The number of carbonyl (C=O) groups is 1. The van der Waals surface area contributed by atoms with Gasteiger partial charge in [-0.3, -0.25) is 4.79 Å². The van der Waals surface area contributed by atoms with Crippen molar-refractivity contribution in [3.8, 4) is 6.07 Å².